The summed E-state index contributed by atoms with van der Waals surface area (Å²) in [5.41, 5.74) is 6.10. The Bertz CT molecular complexity index is 441. The van der Waals surface area contributed by atoms with Crippen molar-refractivity contribution in [1.29, 1.82) is 0 Å². The molecule has 1 aromatic rings. The second-order valence-electron chi connectivity index (χ2n) is 4.22. The van der Waals surface area contributed by atoms with Crippen LogP contribution >= 0.6 is 0 Å². The van der Waals surface area contributed by atoms with E-state index in [-0.39, 0.29) is 6.03 Å². The lowest BCUT2D eigenvalue weighted by atomic mass is 10.2. The van der Waals surface area contributed by atoms with Crippen LogP contribution in [0.4, 0.5) is 10.5 Å². The van der Waals surface area contributed by atoms with Crippen LogP contribution in [-0.4, -0.2) is 18.5 Å². The molecule has 1 aliphatic rings. The van der Waals surface area contributed by atoms with Crippen LogP contribution in [0.25, 0.3) is 0 Å². The number of hydrogen-bond acceptors (Lipinski definition) is 2. The van der Waals surface area contributed by atoms with Gasteiger partial charge in [0, 0.05) is 17.8 Å². The molecule has 0 radical (unpaired) electrons. The molecule has 1 aliphatic carbocycles. The molecule has 2 rings (SSSR count). The topological polar surface area (TPSA) is 84.2 Å². The quantitative estimate of drug-likeness (QED) is 0.732. The van der Waals surface area contributed by atoms with E-state index in [0.717, 1.165) is 0 Å². The Morgan fingerprint density at radius 1 is 1.35 bits per heavy atom. The van der Waals surface area contributed by atoms with Gasteiger partial charge >= 0.3 is 6.03 Å². The molecule has 3 amide bonds. The van der Waals surface area contributed by atoms with Gasteiger partial charge in [0.1, 0.15) is 0 Å². The van der Waals surface area contributed by atoms with E-state index < -0.39 is 5.91 Å². The highest BCUT2D eigenvalue weighted by atomic mass is 16.2. The van der Waals surface area contributed by atoms with Crippen molar-refractivity contribution in [3.8, 4) is 0 Å². The summed E-state index contributed by atoms with van der Waals surface area (Å²) < 4.78 is 0. The summed E-state index contributed by atoms with van der Waals surface area (Å²) in [6.07, 6.45) is 2.38. The second kappa shape index (κ2) is 4.86. The third kappa shape index (κ3) is 3.48. The SMILES string of the molecule is NC(=O)c1cccc(NC(=O)NCC2CC2)c1. The molecule has 5 nitrogen and oxygen atoms in total. The molecule has 1 fully saturated rings. The fraction of sp³-hybridized carbons (Fsp3) is 0.333. The van der Waals surface area contributed by atoms with Gasteiger partial charge in [-0.2, -0.15) is 0 Å². The molecule has 4 N–H and O–H groups in total. The van der Waals surface area contributed by atoms with Gasteiger partial charge in [-0.05, 0) is 37.0 Å². The third-order valence-corrected chi connectivity index (χ3v) is 2.65. The number of rotatable bonds is 4. The number of amides is 3. The summed E-state index contributed by atoms with van der Waals surface area (Å²) in [4.78, 5) is 22.4. The van der Waals surface area contributed by atoms with Crippen LogP contribution in [-0.2, 0) is 0 Å². The monoisotopic (exact) mass is 233 g/mol. The Morgan fingerprint density at radius 3 is 2.76 bits per heavy atom. The summed E-state index contributed by atoms with van der Waals surface area (Å²) in [6, 6.07) is 6.30. The molecule has 1 saturated carbocycles. The van der Waals surface area contributed by atoms with Gasteiger partial charge in [0.25, 0.3) is 0 Å². The molecular formula is C12H15N3O2. The molecule has 0 aliphatic heterocycles. The highest BCUT2D eigenvalue weighted by Gasteiger charge is 2.21. The maximum Gasteiger partial charge on any atom is 0.319 e. The van der Waals surface area contributed by atoms with Gasteiger partial charge in [0.15, 0.2) is 0 Å². The lowest BCUT2D eigenvalue weighted by Gasteiger charge is -2.07. The minimum Gasteiger partial charge on any atom is -0.366 e. The van der Waals surface area contributed by atoms with E-state index in [0.29, 0.717) is 23.7 Å². The Kier molecular flexibility index (Phi) is 3.27. The van der Waals surface area contributed by atoms with E-state index in [9.17, 15) is 9.59 Å². The van der Waals surface area contributed by atoms with Gasteiger partial charge in [-0.3, -0.25) is 4.79 Å². The third-order valence-electron chi connectivity index (χ3n) is 2.65. The molecule has 17 heavy (non-hydrogen) atoms. The Hall–Kier alpha value is -2.04. The first-order valence-corrected chi connectivity index (χ1v) is 5.60. The molecule has 0 saturated heterocycles. The van der Waals surface area contributed by atoms with Crippen molar-refractivity contribution in [2.24, 2.45) is 11.7 Å². The maximum absolute atomic E-state index is 11.5. The number of urea groups is 1. The van der Waals surface area contributed by atoms with Crippen molar-refractivity contribution in [1.82, 2.24) is 5.32 Å². The van der Waals surface area contributed by atoms with Crippen LogP contribution in [0.5, 0.6) is 0 Å². The number of carbonyl (C=O) groups is 2. The van der Waals surface area contributed by atoms with Crippen molar-refractivity contribution in [3.05, 3.63) is 29.8 Å². The summed E-state index contributed by atoms with van der Waals surface area (Å²) in [6.45, 7) is 0.710. The molecule has 0 spiro atoms. The normalized spacial score (nSPS) is 14.1. The zero-order valence-corrected chi connectivity index (χ0v) is 9.40. The number of benzene rings is 1. The van der Waals surface area contributed by atoms with Crippen molar-refractivity contribution in [2.45, 2.75) is 12.8 Å². The predicted molar refractivity (Wildman–Crippen MR) is 64.7 cm³/mol. The standard InChI is InChI=1S/C12H15N3O2/c13-11(16)9-2-1-3-10(6-9)15-12(17)14-7-8-4-5-8/h1-3,6,8H,4-5,7H2,(H2,13,16)(H2,14,15,17). The van der Waals surface area contributed by atoms with Crippen molar-refractivity contribution in [3.63, 3.8) is 0 Å². The fourth-order valence-electron chi connectivity index (χ4n) is 1.48. The first-order valence-electron chi connectivity index (χ1n) is 5.60. The molecule has 5 heteroatoms. The lowest BCUT2D eigenvalue weighted by molar-refractivity contribution is 0.100. The zero-order valence-electron chi connectivity index (χ0n) is 9.40. The molecule has 0 bridgehead atoms. The number of nitrogens with one attached hydrogen (secondary N) is 2. The van der Waals surface area contributed by atoms with Crippen LogP contribution < -0.4 is 16.4 Å². The van der Waals surface area contributed by atoms with E-state index in [4.69, 9.17) is 5.73 Å². The molecule has 0 heterocycles. The Balaban J connectivity index is 1.90. The maximum atomic E-state index is 11.5. The second-order valence-corrected chi connectivity index (χ2v) is 4.22. The summed E-state index contributed by atoms with van der Waals surface area (Å²) in [5, 5.41) is 5.44. The zero-order chi connectivity index (χ0) is 12.3. The summed E-state index contributed by atoms with van der Waals surface area (Å²) in [7, 11) is 0. The molecule has 90 valence electrons. The predicted octanol–water partition coefficient (Wildman–Crippen LogP) is 1.32. The molecular weight excluding hydrogens is 218 g/mol. The fourth-order valence-corrected chi connectivity index (χ4v) is 1.48. The number of hydrogen-bond donors (Lipinski definition) is 3. The highest BCUT2D eigenvalue weighted by Crippen LogP contribution is 2.27. The van der Waals surface area contributed by atoms with Crippen molar-refractivity contribution >= 4 is 17.6 Å². The van der Waals surface area contributed by atoms with Crippen molar-refractivity contribution in [2.75, 3.05) is 11.9 Å². The minimum atomic E-state index is -0.507. The van der Waals surface area contributed by atoms with Crippen LogP contribution in [0.3, 0.4) is 0 Å². The van der Waals surface area contributed by atoms with E-state index in [1.165, 1.54) is 12.8 Å². The van der Waals surface area contributed by atoms with Gasteiger partial charge in [0.05, 0.1) is 0 Å². The first-order chi connectivity index (χ1) is 8.15. The lowest BCUT2D eigenvalue weighted by Crippen LogP contribution is -2.30. The van der Waals surface area contributed by atoms with Crippen LogP contribution in [0, 0.1) is 5.92 Å². The van der Waals surface area contributed by atoms with Gasteiger partial charge in [-0.1, -0.05) is 6.07 Å². The van der Waals surface area contributed by atoms with Gasteiger partial charge in [-0.25, -0.2) is 4.79 Å². The van der Waals surface area contributed by atoms with E-state index >= 15 is 0 Å². The number of carbonyl (C=O) groups excluding carboxylic acids is 2. The van der Waals surface area contributed by atoms with E-state index in [2.05, 4.69) is 10.6 Å². The van der Waals surface area contributed by atoms with Crippen LogP contribution in [0.15, 0.2) is 24.3 Å². The Morgan fingerprint density at radius 2 is 2.12 bits per heavy atom. The van der Waals surface area contributed by atoms with Gasteiger partial charge < -0.3 is 16.4 Å². The number of anilines is 1. The van der Waals surface area contributed by atoms with Crippen LogP contribution in [0.2, 0.25) is 0 Å². The Labute approximate surface area is 99.4 Å². The van der Waals surface area contributed by atoms with Crippen LogP contribution in [0.1, 0.15) is 23.2 Å². The van der Waals surface area contributed by atoms with Gasteiger partial charge in [-0.15, -0.1) is 0 Å². The minimum absolute atomic E-state index is 0.251. The van der Waals surface area contributed by atoms with Crippen molar-refractivity contribution < 1.29 is 9.59 Å². The van der Waals surface area contributed by atoms with E-state index in [1.54, 1.807) is 24.3 Å². The molecule has 0 unspecified atom stereocenters. The summed E-state index contributed by atoms with van der Waals surface area (Å²) >= 11 is 0. The number of primary amides is 1. The molecule has 0 atom stereocenters. The van der Waals surface area contributed by atoms with E-state index in [1.807, 2.05) is 0 Å². The molecule has 1 aromatic carbocycles. The smallest absolute Gasteiger partial charge is 0.319 e. The number of nitrogens with two attached hydrogens (primary N) is 1. The largest absolute Gasteiger partial charge is 0.366 e. The highest BCUT2D eigenvalue weighted by molar-refractivity contribution is 5.95. The first kappa shape index (κ1) is 11.4. The van der Waals surface area contributed by atoms with Gasteiger partial charge in [0.2, 0.25) is 5.91 Å². The average Bonchev–Trinajstić information content (AvgIpc) is 3.10. The average molecular weight is 233 g/mol. The summed E-state index contributed by atoms with van der Waals surface area (Å²) in [5.74, 6) is 0.129. The molecule has 0 aromatic heterocycles.